The van der Waals surface area contributed by atoms with Crippen molar-refractivity contribution in [3.8, 4) is 0 Å². The highest BCUT2D eigenvalue weighted by atomic mass is 31.2. The van der Waals surface area contributed by atoms with Crippen molar-refractivity contribution < 1.29 is 38.2 Å². The molecular formula is C18H21FN5O7P. The van der Waals surface area contributed by atoms with Crippen molar-refractivity contribution in [1.82, 2.24) is 19.5 Å². The number of aliphatic hydroxyl groups excluding tert-OH is 2. The lowest BCUT2D eigenvalue weighted by Crippen LogP contribution is -2.33. The van der Waals surface area contributed by atoms with Crippen LogP contribution in [0.15, 0.2) is 30.9 Å². The van der Waals surface area contributed by atoms with Gasteiger partial charge in [-0.1, -0.05) is 12.1 Å². The maximum absolute atomic E-state index is 13.5. The summed E-state index contributed by atoms with van der Waals surface area (Å²) in [5, 5.41) is 23.7. The Morgan fingerprint density at radius 1 is 1.25 bits per heavy atom. The van der Waals surface area contributed by atoms with E-state index < -0.39 is 39.0 Å². The highest BCUT2D eigenvalue weighted by Crippen LogP contribution is 2.39. The second kappa shape index (κ2) is 8.79. The topological polar surface area (TPSA) is 172 Å². The number of ether oxygens (including phenoxy) is 1. The van der Waals surface area contributed by atoms with Crippen LogP contribution < -0.4 is 5.32 Å². The van der Waals surface area contributed by atoms with Crippen LogP contribution in [0.5, 0.6) is 0 Å². The molecule has 3 heterocycles. The van der Waals surface area contributed by atoms with E-state index in [9.17, 15) is 19.2 Å². The van der Waals surface area contributed by atoms with Gasteiger partial charge >= 0.3 is 7.82 Å². The predicted octanol–water partition coefficient (Wildman–Crippen LogP) is 0.614. The Labute approximate surface area is 180 Å². The third-order valence-electron chi connectivity index (χ3n) is 5.06. The molecule has 172 valence electrons. The lowest BCUT2D eigenvalue weighted by molar-refractivity contribution is -0.0504. The number of fused-ring (bicyclic) bond motifs is 1. The minimum atomic E-state index is -4.77. The van der Waals surface area contributed by atoms with E-state index in [1.165, 1.54) is 23.3 Å². The SMILES string of the molecule is Cc1cc(CNc2ncnc3c2ncn3[C@@H]2O[C@H](COP(=O)(O)O)[C@@H](O)[C@H]2O)ccc1F. The van der Waals surface area contributed by atoms with Gasteiger partial charge in [0, 0.05) is 6.54 Å². The fourth-order valence-electron chi connectivity index (χ4n) is 3.44. The van der Waals surface area contributed by atoms with E-state index in [2.05, 4.69) is 24.8 Å². The summed E-state index contributed by atoms with van der Waals surface area (Å²) in [6.45, 7) is 1.40. The van der Waals surface area contributed by atoms with Crippen LogP contribution in [0.4, 0.5) is 10.2 Å². The zero-order valence-corrected chi connectivity index (χ0v) is 17.6. The molecule has 32 heavy (non-hydrogen) atoms. The van der Waals surface area contributed by atoms with E-state index in [0.717, 1.165) is 5.56 Å². The summed E-state index contributed by atoms with van der Waals surface area (Å²) in [7, 11) is -4.77. The Balaban J connectivity index is 1.53. The number of imidazole rings is 1. The molecular weight excluding hydrogens is 448 g/mol. The van der Waals surface area contributed by atoms with Gasteiger partial charge in [0.2, 0.25) is 0 Å². The van der Waals surface area contributed by atoms with Crippen molar-refractivity contribution in [2.45, 2.75) is 38.0 Å². The number of anilines is 1. The Morgan fingerprint density at radius 3 is 2.75 bits per heavy atom. The maximum atomic E-state index is 13.5. The molecule has 2 aromatic heterocycles. The molecule has 1 aromatic carbocycles. The first kappa shape index (κ1) is 22.7. The van der Waals surface area contributed by atoms with Crippen LogP contribution in [-0.2, 0) is 20.4 Å². The number of nitrogens with zero attached hydrogens (tertiary/aromatic N) is 4. The minimum Gasteiger partial charge on any atom is -0.387 e. The van der Waals surface area contributed by atoms with Crippen LogP contribution in [0.1, 0.15) is 17.4 Å². The van der Waals surface area contributed by atoms with Crippen LogP contribution in [0, 0.1) is 12.7 Å². The maximum Gasteiger partial charge on any atom is 0.469 e. The molecule has 12 nitrogen and oxygen atoms in total. The molecule has 1 aliphatic rings. The average Bonchev–Trinajstić information content (AvgIpc) is 3.29. The Hall–Kier alpha value is -2.51. The van der Waals surface area contributed by atoms with E-state index in [0.29, 0.717) is 29.1 Å². The number of phosphoric ester groups is 1. The van der Waals surface area contributed by atoms with Crippen molar-refractivity contribution >= 4 is 24.8 Å². The number of halogens is 1. The Morgan fingerprint density at radius 2 is 2.03 bits per heavy atom. The van der Waals surface area contributed by atoms with Crippen LogP contribution in [0.25, 0.3) is 11.2 Å². The van der Waals surface area contributed by atoms with Crippen molar-refractivity contribution in [2.75, 3.05) is 11.9 Å². The molecule has 0 aliphatic carbocycles. The van der Waals surface area contributed by atoms with Gasteiger partial charge in [-0.3, -0.25) is 9.09 Å². The summed E-state index contributed by atoms with van der Waals surface area (Å²) in [6, 6.07) is 4.74. The zero-order valence-electron chi connectivity index (χ0n) is 16.7. The first-order valence-corrected chi connectivity index (χ1v) is 11.0. The number of benzene rings is 1. The minimum absolute atomic E-state index is 0.293. The smallest absolute Gasteiger partial charge is 0.387 e. The summed E-state index contributed by atoms with van der Waals surface area (Å²) < 4.78 is 35.7. The monoisotopic (exact) mass is 469 g/mol. The summed E-state index contributed by atoms with van der Waals surface area (Å²) in [4.78, 5) is 30.3. The molecule has 5 N–H and O–H groups in total. The summed E-state index contributed by atoms with van der Waals surface area (Å²) in [5.41, 5.74) is 2.02. The first-order valence-electron chi connectivity index (χ1n) is 9.52. The van der Waals surface area contributed by atoms with Crippen LogP contribution in [-0.4, -0.2) is 64.4 Å². The fourth-order valence-corrected chi connectivity index (χ4v) is 3.78. The molecule has 4 rings (SSSR count). The van der Waals surface area contributed by atoms with Crippen LogP contribution >= 0.6 is 7.82 Å². The van der Waals surface area contributed by atoms with Gasteiger partial charge in [-0.2, -0.15) is 0 Å². The Kier molecular flexibility index (Phi) is 6.23. The van der Waals surface area contributed by atoms with Gasteiger partial charge in [0.05, 0.1) is 12.9 Å². The normalized spacial score (nSPS) is 23.7. The van der Waals surface area contributed by atoms with Gasteiger partial charge in [-0.25, -0.2) is 23.9 Å². The second-order valence-corrected chi connectivity index (χ2v) is 8.56. The third-order valence-corrected chi connectivity index (χ3v) is 5.54. The van der Waals surface area contributed by atoms with Gasteiger partial charge in [-0.05, 0) is 24.1 Å². The molecule has 1 aliphatic heterocycles. The molecule has 4 atom stereocenters. The van der Waals surface area contributed by atoms with Gasteiger partial charge in [-0.15, -0.1) is 0 Å². The molecule has 0 saturated carbocycles. The summed E-state index contributed by atoms with van der Waals surface area (Å²) >= 11 is 0. The highest BCUT2D eigenvalue weighted by molar-refractivity contribution is 7.46. The molecule has 1 saturated heterocycles. The van der Waals surface area contributed by atoms with E-state index in [4.69, 9.17) is 14.5 Å². The van der Waals surface area contributed by atoms with Crippen LogP contribution in [0.2, 0.25) is 0 Å². The predicted molar refractivity (Wildman–Crippen MR) is 108 cm³/mol. The quantitative estimate of drug-likeness (QED) is 0.307. The lowest BCUT2D eigenvalue weighted by Gasteiger charge is -2.16. The number of hydrogen-bond acceptors (Lipinski definition) is 9. The number of hydrogen-bond donors (Lipinski definition) is 5. The van der Waals surface area contributed by atoms with Gasteiger partial charge in [0.15, 0.2) is 23.2 Å². The summed E-state index contributed by atoms with van der Waals surface area (Å²) in [6.07, 6.45) is -2.55. The average molecular weight is 469 g/mol. The number of aromatic nitrogens is 4. The molecule has 0 amide bonds. The molecule has 14 heteroatoms. The number of aliphatic hydroxyl groups is 2. The molecule has 0 unspecified atom stereocenters. The molecule has 1 fully saturated rings. The number of rotatable bonds is 7. The van der Waals surface area contributed by atoms with Gasteiger partial charge < -0.3 is 30.1 Å². The van der Waals surface area contributed by atoms with E-state index in [1.54, 1.807) is 19.1 Å². The summed E-state index contributed by atoms with van der Waals surface area (Å²) in [5.74, 6) is 0.101. The number of phosphoric acid groups is 1. The largest absolute Gasteiger partial charge is 0.469 e. The zero-order chi connectivity index (χ0) is 23.0. The standard InChI is InChI=1S/C18H21FN5O7P/c1-9-4-10(2-3-11(9)19)5-20-16-13-17(22-7-21-16)24(8-23-13)18-15(26)14(25)12(31-18)6-30-32(27,28)29/h2-4,7-8,12,14-15,18,25-26H,5-6H2,1H3,(H,20,21,22)(H2,27,28,29)/t12-,14-,15-,18-/m1/s1. The number of aryl methyl sites for hydroxylation is 1. The van der Waals surface area contributed by atoms with E-state index >= 15 is 0 Å². The van der Waals surface area contributed by atoms with E-state index in [1.807, 2.05) is 0 Å². The van der Waals surface area contributed by atoms with Crippen molar-refractivity contribution in [2.24, 2.45) is 0 Å². The lowest BCUT2D eigenvalue weighted by atomic mass is 10.1. The highest BCUT2D eigenvalue weighted by Gasteiger charge is 2.45. The van der Waals surface area contributed by atoms with Gasteiger partial charge in [0.25, 0.3) is 0 Å². The van der Waals surface area contributed by atoms with Crippen molar-refractivity contribution in [3.05, 3.63) is 47.8 Å². The second-order valence-electron chi connectivity index (χ2n) is 7.32. The molecule has 3 aromatic rings. The van der Waals surface area contributed by atoms with Crippen LogP contribution in [0.3, 0.4) is 0 Å². The third kappa shape index (κ3) is 4.64. The molecule has 0 radical (unpaired) electrons. The van der Waals surface area contributed by atoms with Gasteiger partial charge in [0.1, 0.15) is 30.5 Å². The number of nitrogens with one attached hydrogen (secondary N) is 1. The molecule has 0 bridgehead atoms. The molecule has 0 spiro atoms. The first-order chi connectivity index (χ1) is 15.1. The van der Waals surface area contributed by atoms with E-state index in [-0.39, 0.29) is 5.82 Å². The van der Waals surface area contributed by atoms with Crippen molar-refractivity contribution in [1.29, 1.82) is 0 Å². The Bertz CT molecular complexity index is 1170. The van der Waals surface area contributed by atoms with Crippen molar-refractivity contribution in [3.63, 3.8) is 0 Å². The fraction of sp³-hybridized carbons (Fsp3) is 0.389.